The highest BCUT2D eigenvalue weighted by molar-refractivity contribution is 7.91. The molecular weight excluding hydrogens is 516 g/mol. The van der Waals surface area contributed by atoms with Crippen LogP contribution in [0.2, 0.25) is 0 Å². The molecule has 4 aromatic rings. The number of benzene rings is 1. The normalized spacial score (nSPS) is 16.7. The Balaban J connectivity index is 1.45. The molecule has 1 saturated heterocycles. The zero-order valence-electron chi connectivity index (χ0n) is 19.8. The van der Waals surface area contributed by atoms with Crippen LogP contribution in [0.5, 0.6) is 0 Å². The van der Waals surface area contributed by atoms with Gasteiger partial charge in [-0.2, -0.15) is 4.31 Å². The second-order valence-corrected chi connectivity index (χ2v) is 11.5. The Morgan fingerprint density at radius 3 is 2.70 bits per heavy atom. The van der Waals surface area contributed by atoms with Crippen LogP contribution in [0.1, 0.15) is 6.92 Å². The van der Waals surface area contributed by atoms with Gasteiger partial charge < -0.3 is 19.9 Å². The van der Waals surface area contributed by atoms with Crippen LogP contribution < -0.4 is 5.32 Å². The molecule has 2 amide bonds. The molecule has 1 atom stereocenters. The zero-order valence-corrected chi connectivity index (χ0v) is 21.4. The van der Waals surface area contributed by atoms with Crippen molar-refractivity contribution in [3.63, 3.8) is 0 Å². The Bertz CT molecular complexity index is 1550. The largest absolute Gasteiger partial charge is 0.465 e. The molecule has 0 bridgehead atoms. The molecule has 13 heteroatoms. The predicted octanol–water partition coefficient (Wildman–Crippen LogP) is 3.17. The van der Waals surface area contributed by atoms with Crippen LogP contribution >= 0.6 is 11.3 Å². The number of piperazine rings is 1. The Morgan fingerprint density at radius 1 is 1.19 bits per heavy atom. The predicted molar refractivity (Wildman–Crippen MR) is 139 cm³/mol. The van der Waals surface area contributed by atoms with Gasteiger partial charge >= 0.3 is 6.09 Å². The number of hydrogen-bond donors (Lipinski definition) is 2. The van der Waals surface area contributed by atoms with E-state index in [2.05, 4.69) is 10.3 Å². The smallest absolute Gasteiger partial charge is 0.407 e. The number of pyridine rings is 1. The zero-order chi connectivity index (χ0) is 26.2. The number of carboxylic acid groups (broad SMARTS) is 1. The van der Waals surface area contributed by atoms with Crippen molar-refractivity contribution in [3.05, 3.63) is 60.2 Å². The minimum absolute atomic E-state index is 0.0265. The summed E-state index contributed by atoms with van der Waals surface area (Å²) in [6, 6.07) is 10.9. The fourth-order valence-corrected chi connectivity index (χ4v) is 7.13. The minimum atomic E-state index is -3.98. The molecule has 0 radical (unpaired) electrons. The Hall–Kier alpha value is -3.81. The molecule has 1 fully saturated rings. The van der Waals surface area contributed by atoms with Gasteiger partial charge in [0.1, 0.15) is 16.1 Å². The lowest BCUT2D eigenvalue weighted by molar-refractivity contribution is -0.121. The van der Waals surface area contributed by atoms with Gasteiger partial charge in [-0.25, -0.2) is 18.2 Å². The van der Waals surface area contributed by atoms with E-state index in [1.165, 1.54) is 6.07 Å². The van der Waals surface area contributed by atoms with E-state index in [0.29, 0.717) is 17.7 Å². The molecule has 37 heavy (non-hydrogen) atoms. The average molecular weight is 541 g/mol. The maximum atomic E-state index is 13.4. The number of hydrogen-bond acceptors (Lipinski definition) is 7. The van der Waals surface area contributed by atoms with E-state index in [1.807, 2.05) is 29.7 Å². The van der Waals surface area contributed by atoms with Gasteiger partial charge in [0.2, 0.25) is 5.91 Å². The van der Waals surface area contributed by atoms with Crippen molar-refractivity contribution < 1.29 is 23.1 Å². The van der Waals surface area contributed by atoms with Crippen molar-refractivity contribution in [2.24, 2.45) is 0 Å². The number of carbonyl (C=O) groups excluding carboxylic acids is 1. The van der Waals surface area contributed by atoms with Crippen LogP contribution in [-0.2, 0) is 21.4 Å². The number of aryl methyl sites for hydroxylation is 1. The molecule has 0 spiro atoms. The number of thiophene rings is 1. The minimum Gasteiger partial charge on any atom is -0.465 e. The van der Waals surface area contributed by atoms with Crippen LogP contribution in [0, 0.1) is 0 Å². The van der Waals surface area contributed by atoms with E-state index < -0.39 is 28.1 Å². The SMILES string of the molecule is CCn1c(-c2cccnc2)nc2cc(NC(=O)C3CN(C(=O)O)CCN3S(=O)(=O)c3cccs3)ccc21. The van der Waals surface area contributed by atoms with Crippen molar-refractivity contribution >= 4 is 50.1 Å². The first-order chi connectivity index (χ1) is 17.8. The van der Waals surface area contributed by atoms with Crippen molar-refractivity contribution in [3.8, 4) is 11.4 Å². The summed E-state index contributed by atoms with van der Waals surface area (Å²) in [5.74, 6) is 0.125. The summed E-state index contributed by atoms with van der Waals surface area (Å²) >= 11 is 1.05. The fraction of sp³-hybridized carbons (Fsp3) is 0.250. The Labute approximate surface area is 217 Å². The van der Waals surface area contributed by atoms with Crippen molar-refractivity contribution in [2.75, 3.05) is 25.0 Å². The molecular formula is C24H24N6O5S2. The van der Waals surface area contributed by atoms with E-state index in [0.717, 1.165) is 37.4 Å². The maximum Gasteiger partial charge on any atom is 0.407 e. The molecule has 3 aromatic heterocycles. The molecule has 11 nitrogen and oxygen atoms in total. The molecule has 1 aromatic carbocycles. The van der Waals surface area contributed by atoms with Gasteiger partial charge in [-0.3, -0.25) is 9.78 Å². The number of carbonyl (C=O) groups is 2. The van der Waals surface area contributed by atoms with Crippen molar-refractivity contribution in [2.45, 2.75) is 23.7 Å². The molecule has 1 aliphatic rings. The van der Waals surface area contributed by atoms with Crippen LogP contribution in [0.25, 0.3) is 22.4 Å². The summed E-state index contributed by atoms with van der Waals surface area (Å²) in [7, 11) is -3.98. The molecule has 192 valence electrons. The number of sulfonamides is 1. The number of anilines is 1. The summed E-state index contributed by atoms with van der Waals surface area (Å²) in [5, 5.41) is 13.9. The van der Waals surface area contributed by atoms with Gasteiger partial charge in [-0.1, -0.05) is 6.07 Å². The molecule has 5 rings (SSSR count). The Kier molecular flexibility index (Phi) is 6.67. The fourth-order valence-electron chi connectivity index (χ4n) is 4.44. The lowest BCUT2D eigenvalue weighted by Gasteiger charge is -2.38. The highest BCUT2D eigenvalue weighted by atomic mass is 32.2. The van der Waals surface area contributed by atoms with E-state index in [-0.39, 0.29) is 23.8 Å². The van der Waals surface area contributed by atoms with E-state index in [4.69, 9.17) is 4.98 Å². The van der Waals surface area contributed by atoms with Crippen LogP contribution in [0.3, 0.4) is 0 Å². The molecule has 1 unspecified atom stereocenters. The molecule has 4 heterocycles. The first kappa shape index (κ1) is 24.9. The van der Waals surface area contributed by atoms with Gasteiger partial charge in [0.15, 0.2) is 0 Å². The van der Waals surface area contributed by atoms with E-state index in [9.17, 15) is 23.1 Å². The summed E-state index contributed by atoms with van der Waals surface area (Å²) in [6.07, 6.45) is 2.21. The highest BCUT2D eigenvalue weighted by Crippen LogP contribution is 2.28. The molecule has 1 aliphatic heterocycles. The standard InChI is InChI=1S/C24H24N6O5S2/c1-2-29-19-8-7-17(13-18(19)27-22(29)16-5-3-9-25-14-16)26-23(31)20-15-28(24(32)33)10-11-30(20)37(34,35)21-6-4-12-36-21/h3-9,12-14,20H,2,10-11,15H2,1H3,(H,26,31)(H,32,33). The third-order valence-corrected chi connectivity index (χ3v) is 9.50. The Morgan fingerprint density at radius 2 is 2.03 bits per heavy atom. The van der Waals surface area contributed by atoms with Crippen LogP contribution in [0.15, 0.2) is 64.4 Å². The topological polar surface area (TPSA) is 138 Å². The first-order valence-corrected chi connectivity index (χ1v) is 13.9. The average Bonchev–Trinajstić information content (AvgIpc) is 3.57. The first-order valence-electron chi connectivity index (χ1n) is 11.5. The number of rotatable bonds is 6. The molecule has 0 aliphatic carbocycles. The molecule has 0 saturated carbocycles. The van der Waals surface area contributed by atoms with Crippen LogP contribution in [-0.4, -0.2) is 74.9 Å². The lowest BCUT2D eigenvalue weighted by atomic mass is 10.2. The number of nitrogens with one attached hydrogen (secondary N) is 1. The number of nitrogens with zero attached hydrogens (tertiary/aromatic N) is 5. The van der Waals surface area contributed by atoms with Crippen molar-refractivity contribution in [1.29, 1.82) is 0 Å². The quantitative estimate of drug-likeness (QED) is 0.383. The maximum absolute atomic E-state index is 13.4. The summed E-state index contributed by atoms with van der Waals surface area (Å²) < 4.78 is 29.7. The van der Waals surface area contributed by atoms with Crippen molar-refractivity contribution in [1.82, 2.24) is 23.7 Å². The van der Waals surface area contributed by atoms with E-state index >= 15 is 0 Å². The van der Waals surface area contributed by atoms with Gasteiger partial charge in [0.05, 0.1) is 11.0 Å². The lowest BCUT2D eigenvalue weighted by Crippen LogP contribution is -2.60. The van der Waals surface area contributed by atoms with Crippen LogP contribution in [0.4, 0.5) is 10.5 Å². The third kappa shape index (κ3) is 4.68. The number of imidazole rings is 1. The number of amides is 2. The highest BCUT2D eigenvalue weighted by Gasteiger charge is 2.41. The number of aromatic nitrogens is 3. The monoisotopic (exact) mass is 540 g/mol. The van der Waals surface area contributed by atoms with Gasteiger partial charge in [-0.15, -0.1) is 11.3 Å². The van der Waals surface area contributed by atoms with Gasteiger partial charge in [0, 0.05) is 49.8 Å². The van der Waals surface area contributed by atoms with Gasteiger partial charge in [0.25, 0.3) is 10.0 Å². The number of fused-ring (bicyclic) bond motifs is 1. The third-order valence-electron chi connectivity index (χ3n) is 6.21. The van der Waals surface area contributed by atoms with E-state index in [1.54, 1.807) is 36.0 Å². The van der Waals surface area contributed by atoms with Gasteiger partial charge in [-0.05, 0) is 48.7 Å². The second-order valence-electron chi connectivity index (χ2n) is 8.41. The summed E-state index contributed by atoms with van der Waals surface area (Å²) in [6.45, 7) is 2.26. The summed E-state index contributed by atoms with van der Waals surface area (Å²) in [4.78, 5) is 34.9. The summed E-state index contributed by atoms with van der Waals surface area (Å²) in [5.41, 5.74) is 2.81. The second kappa shape index (κ2) is 9.92. The molecule has 2 N–H and O–H groups in total.